The lowest BCUT2D eigenvalue weighted by Gasteiger charge is -2.15. The van der Waals surface area contributed by atoms with Gasteiger partial charge in [0.15, 0.2) is 0 Å². The zero-order valence-electron chi connectivity index (χ0n) is 9.87. The second-order valence-corrected chi connectivity index (χ2v) is 4.50. The summed E-state index contributed by atoms with van der Waals surface area (Å²) in [4.78, 5) is 24.0. The fourth-order valence-corrected chi connectivity index (χ4v) is 2.13. The Morgan fingerprint density at radius 1 is 1.44 bits per heavy atom. The van der Waals surface area contributed by atoms with Crippen LogP contribution in [0.5, 0.6) is 5.75 Å². The summed E-state index contributed by atoms with van der Waals surface area (Å²) in [6.45, 7) is 0.777. The molecule has 2 rings (SSSR count). The first-order valence-electron chi connectivity index (χ1n) is 5.85. The number of hydrogen-bond donors (Lipinski definition) is 2. The summed E-state index contributed by atoms with van der Waals surface area (Å²) >= 11 is 0. The quantitative estimate of drug-likeness (QED) is 0.830. The summed E-state index contributed by atoms with van der Waals surface area (Å²) in [7, 11) is 0. The lowest BCUT2D eigenvalue weighted by molar-refractivity contribution is -0.141. The first kappa shape index (κ1) is 12.4. The molecule has 1 amide bonds. The molecule has 1 heterocycles. The lowest BCUT2D eigenvalue weighted by Crippen LogP contribution is -2.28. The molecule has 0 aromatic heterocycles. The van der Waals surface area contributed by atoms with Gasteiger partial charge in [0.1, 0.15) is 5.75 Å². The highest BCUT2D eigenvalue weighted by atomic mass is 16.4. The summed E-state index contributed by atoms with van der Waals surface area (Å²) in [6, 6.07) is 6.85. The van der Waals surface area contributed by atoms with Crippen LogP contribution in [-0.4, -0.2) is 40.1 Å². The number of benzene rings is 1. The number of aromatic hydroxyl groups is 1. The fourth-order valence-electron chi connectivity index (χ4n) is 2.13. The smallest absolute Gasteiger partial charge is 0.308 e. The first-order chi connectivity index (χ1) is 8.56. The number of aliphatic carboxylic acids is 1. The van der Waals surface area contributed by atoms with Crippen LogP contribution in [0.3, 0.4) is 0 Å². The monoisotopic (exact) mass is 249 g/mol. The first-order valence-corrected chi connectivity index (χ1v) is 5.85. The average Bonchev–Trinajstić information content (AvgIpc) is 2.68. The minimum Gasteiger partial charge on any atom is -0.508 e. The van der Waals surface area contributed by atoms with Crippen LogP contribution in [0.2, 0.25) is 0 Å². The van der Waals surface area contributed by atoms with Crippen LogP contribution in [0.15, 0.2) is 24.3 Å². The highest BCUT2D eigenvalue weighted by Crippen LogP contribution is 2.19. The van der Waals surface area contributed by atoms with Gasteiger partial charge in [-0.25, -0.2) is 0 Å². The average molecular weight is 249 g/mol. The fraction of sp³-hybridized carbons (Fsp3) is 0.385. The molecule has 96 valence electrons. The number of carbonyl (C=O) groups excluding carboxylic acids is 1. The summed E-state index contributed by atoms with van der Waals surface area (Å²) in [5.74, 6) is -1.41. The molecule has 1 aromatic rings. The third kappa shape index (κ3) is 2.80. The van der Waals surface area contributed by atoms with Gasteiger partial charge in [-0.1, -0.05) is 12.1 Å². The Morgan fingerprint density at radius 2 is 2.22 bits per heavy atom. The number of likely N-dealkylation sites (tertiary alicyclic amines) is 1. The molecule has 0 saturated carbocycles. The topological polar surface area (TPSA) is 77.8 Å². The van der Waals surface area contributed by atoms with E-state index in [0.29, 0.717) is 13.0 Å². The van der Waals surface area contributed by atoms with Gasteiger partial charge in [0.05, 0.1) is 5.92 Å². The number of phenolic OH excluding ortho intramolecular Hbond substituents is 1. The van der Waals surface area contributed by atoms with E-state index in [-0.39, 0.29) is 24.6 Å². The van der Waals surface area contributed by atoms with Crippen molar-refractivity contribution in [3.8, 4) is 5.75 Å². The number of nitrogens with zero attached hydrogens (tertiary/aromatic N) is 1. The number of carboxylic acid groups (broad SMARTS) is 1. The van der Waals surface area contributed by atoms with E-state index in [1.807, 2.05) is 6.07 Å². The van der Waals surface area contributed by atoms with Gasteiger partial charge < -0.3 is 15.1 Å². The van der Waals surface area contributed by atoms with Crippen LogP contribution in [0.25, 0.3) is 0 Å². The van der Waals surface area contributed by atoms with Gasteiger partial charge in [0.2, 0.25) is 5.91 Å². The molecule has 5 nitrogen and oxygen atoms in total. The second-order valence-electron chi connectivity index (χ2n) is 4.50. The second kappa shape index (κ2) is 5.08. The molecule has 5 heteroatoms. The minimum atomic E-state index is -0.914. The number of phenols is 1. The molecule has 1 atom stereocenters. The maximum absolute atomic E-state index is 11.6. The van der Waals surface area contributed by atoms with Crippen LogP contribution in [0.4, 0.5) is 0 Å². The molecule has 1 unspecified atom stereocenters. The number of carboxylic acids is 1. The minimum absolute atomic E-state index is 0.0926. The van der Waals surface area contributed by atoms with Crippen molar-refractivity contribution >= 4 is 11.9 Å². The standard InChI is InChI=1S/C13H15NO4/c15-11-3-1-2-9(6-11)4-5-14-8-10(13(17)18)7-12(14)16/h1-3,6,10,15H,4-5,7-8H2,(H,17,18). The van der Waals surface area contributed by atoms with E-state index in [0.717, 1.165) is 5.56 Å². The molecule has 1 aliphatic rings. The lowest BCUT2D eigenvalue weighted by atomic mass is 10.1. The molecular formula is C13H15NO4. The van der Waals surface area contributed by atoms with Gasteiger partial charge in [-0.05, 0) is 24.1 Å². The largest absolute Gasteiger partial charge is 0.508 e. The van der Waals surface area contributed by atoms with E-state index in [1.165, 1.54) is 0 Å². The van der Waals surface area contributed by atoms with Crippen LogP contribution in [0.1, 0.15) is 12.0 Å². The van der Waals surface area contributed by atoms with Gasteiger partial charge in [0.25, 0.3) is 0 Å². The maximum atomic E-state index is 11.6. The van der Waals surface area contributed by atoms with Gasteiger partial charge in [-0.2, -0.15) is 0 Å². The van der Waals surface area contributed by atoms with Crippen molar-refractivity contribution in [1.29, 1.82) is 0 Å². The van der Waals surface area contributed by atoms with Crippen molar-refractivity contribution in [3.63, 3.8) is 0 Å². The SMILES string of the molecule is O=C(O)C1CC(=O)N(CCc2cccc(O)c2)C1. The molecule has 2 N–H and O–H groups in total. The normalized spacial score (nSPS) is 19.2. The Morgan fingerprint density at radius 3 is 2.83 bits per heavy atom. The third-order valence-electron chi connectivity index (χ3n) is 3.14. The zero-order chi connectivity index (χ0) is 13.1. The zero-order valence-corrected chi connectivity index (χ0v) is 9.87. The number of carbonyl (C=O) groups is 2. The highest BCUT2D eigenvalue weighted by molar-refractivity contribution is 5.86. The van der Waals surface area contributed by atoms with Crippen molar-refractivity contribution in [2.75, 3.05) is 13.1 Å². The summed E-state index contributed by atoms with van der Waals surface area (Å²) in [5, 5.41) is 18.2. The van der Waals surface area contributed by atoms with Gasteiger partial charge in [-0.15, -0.1) is 0 Å². The highest BCUT2D eigenvalue weighted by Gasteiger charge is 2.33. The van der Waals surface area contributed by atoms with Gasteiger partial charge >= 0.3 is 5.97 Å². The third-order valence-corrected chi connectivity index (χ3v) is 3.14. The van der Waals surface area contributed by atoms with E-state index >= 15 is 0 Å². The Bertz CT molecular complexity index is 472. The molecule has 0 aliphatic carbocycles. The van der Waals surface area contributed by atoms with Gasteiger partial charge in [-0.3, -0.25) is 9.59 Å². The molecule has 18 heavy (non-hydrogen) atoms. The van der Waals surface area contributed by atoms with Crippen LogP contribution >= 0.6 is 0 Å². The van der Waals surface area contributed by atoms with Crippen LogP contribution in [-0.2, 0) is 16.0 Å². The van der Waals surface area contributed by atoms with Crippen molar-refractivity contribution < 1.29 is 19.8 Å². The predicted molar refractivity (Wildman–Crippen MR) is 64.1 cm³/mol. The maximum Gasteiger partial charge on any atom is 0.308 e. The Hall–Kier alpha value is -2.04. The van der Waals surface area contributed by atoms with Crippen molar-refractivity contribution in [1.82, 2.24) is 4.90 Å². The molecule has 1 fully saturated rings. The number of amides is 1. The molecule has 1 aliphatic heterocycles. The molecular weight excluding hydrogens is 234 g/mol. The van der Waals surface area contributed by atoms with Crippen LogP contribution < -0.4 is 0 Å². The van der Waals surface area contributed by atoms with E-state index < -0.39 is 11.9 Å². The van der Waals surface area contributed by atoms with E-state index in [1.54, 1.807) is 23.1 Å². The van der Waals surface area contributed by atoms with Crippen molar-refractivity contribution in [2.45, 2.75) is 12.8 Å². The van der Waals surface area contributed by atoms with Crippen molar-refractivity contribution in [3.05, 3.63) is 29.8 Å². The number of hydrogen-bond acceptors (Lipinski definition) is 3. The Labute approximate surface area is 105 Å². The molecule has 0 spiro atoms. The van der Waals surface area contributed by atoms with Crippen molar-refractivity contribution in [2.24, 2.45) is 5.92 Å². The van der Waals surface area contributed by atoms with E-state index in [4.69, 9.17) is 5.11 Å². The number of rotatable bonds is 4. The van der Waals surface area contributed by atoms with E-state index in [2.05, 4.69) is 0 Å². The Kier molecular flexibility index (Phi) is 3.50. The van der Waals surface area contributed by atoms with E-state index in [9.17, 15) is 14.7 Å². The summed E-state index contributed by atoms with van der Waals surface area (Å²) in [5.41, 5.74) is 0.932. The molecule has 1 aromatic carbocycles. The Balaban J connectivity index is 1.91. The van der Waals surface area contributed by atoms with Crippen LogP contribution in [0, 0.1) is 5.92 Å². The summed E-state index contributed by atoms with van der Waals surface area (Å²) in [6.07, 6.45) is 0.710. The van der Waals surface area contributed by atoms with Gasteiger partial charge in [0, 0.05) is 19.5 Å². The predicted octanol–water partition coefficient (Wildman–Crippen LogP) is 0.868. The molecule has 0 bridgehead atoms. The molecule has 1 saturated heterocycles. The molecule has 0 radical (unpaired) electrons. The summed E-state index contributed by atoms with van der Waals surface area (Å²) < 4.78 is 0.